The maximum absolute atomic E-state index is 12.1. The Kier molecular flexibility index (Phi) is 5.62. The van der Waals surface area contributed by atoms with Crippen LogP contribution >= 0.6 is 11.6 Å². The van der Waals surface area contributed by atoms with E-state index in [1.165, 1.54) is 0 Å². The van der Waals surface area contributed by atoms with E-state index in [2.05, 4.69) is 16.8 Å². The minimum absolute atomic E-state index is 0.124. The van der Waals surface area contributed by atoms with Crippen molar-refractivity contribution in [2.45, 2.75) is 19.4 Å². The van der Waals surface area contributed by atoms with Crippen LogP contribution in [0, 0.1) is 5.92 Å². The lowest BCUT2D eigenvalue weighted by molar-refractivity contribution is -0.126. The predicted octanol–water partition coefficient (Wildman–Crippen LogP) is 2.77. The van der Waals surface area contributed by atoms with Crippen LogP contribution in [0.15, 0.2) is 41.9 Å². The molecule has 1 amide bonds. The Balaban J connectivity index is 1.73. The van der Waals surface area contributed by atoms with Crippen molar-refractivity contribution in [1.29, 1.82) is 0 Å². The fourth-order valence-electron chi connectivity index (χ4n) is 2.53. The van der Waals surface area contributed by atoms with Crippen LogP contribution in [-0.2, 0) is 11.3 Å². The van der Waals surface area contributed by atoms with Gasteiger partial charge >= 0.3 is 0 Å². The number of carbonyl (C=O) groups is 1. The van der Waals surface area contributed by atoms with E-state index in [4.69, 9.17) is 11.6 Å². The molecule has 1 heterocycles. The van der Waals surface area contributed by atoms with Crippen LogP contribution in [-0.4, -0.2) is 30.4 Å². The number of rotatable bonds is 5. The molecule has 0 aromatic heterocycles. The molecule has 0 unspecified atom stereocenters. The Hall–Kier alpha value is -1.32. The fourth-order valence-corrected chi connectivity index (χ4v) is 2.69. The zero-order valence-corrected chi connectivity index (χ0v) is 12.4. The van der Waals surface area contributed by atoms with Gasteiger partial charge in [-0.1, -0.05) is 48.5 Å². The number of benzene rings is 1. The van der Waals surface area contributed by atoms with Gasteiger partial charge in [-0.3, -0.25) is 9.69 Å². The molecule has 20 heavy (non-hydrogen) atoms. The zero-order chi connectivity index (χ0) is 14.4. The number of piperidine rings is 1. The number of likely N-dealkylation sites (tertiary alicyclic amines) is 1. The molecule has 1 fully saturated rings. The third-order valence-corrected chi connectivity index (χ3v) is 3.78. The molecular weight excluding hydrogens is 272 g/mol. The molecule has 1 aromatic rings. The molecule has 4 heteroatoms. The van der Waals surface area contributed by atoms with Crippen LogP contribution in [0.5, 0.6) is 0 Å². The van der Waals surface area contributed by atoms with Crippen LogP contribution in [0.3, 0.4) is 0 Å². The lowest BCUT2D eigenvalue weighted by Gasteiger charge is -2.30. The van der Waals surface area contributed by atoms with E-state index in [0.717, 1.165) is 38.0 Å². The summed E-state index contributed by atoms with van der Waals surface area (Å²) in [6.07, 6.45) is 1.79. The molecule has 0 spiro atoms. The molecule has 1 aliphatic rings. The van der Waals surface area contributed by atoms with E-state index in [0.29, 0.717) is 11.6 Å². The molecule has 0 bridgehead atoms. The summed E-state index contributed by atoms with van der Waals surface area (Å²) in [6, 6.07) is 9.99. The first-order valence-electron chi connectivity index (χ1n) is 7.02. The maximum atomic E-state index is 12.1. The van der Waals surface area contributed by atoms with Gasteiger partial charge in [-0.05, 0) is 31.5 Å². The Bertz CT molecular complexity index is 453. The number of halogens is 1. The number of hydrogen-bond acceptors (Lipinski definition) is 2. The van der Waals surface area contributed by atoms with Crippen LogP contribution in [0.4, 0.5) is 0 Å². The molecule has 0 saturated carbocycles. The average molecular weight is 293 g/mol. The molecule has 0 atom stereocenters. The van der Waals surface area contributed by atoms with Crippen LogP contribution in [0.25, 0.3) is 0 Å². The molecule has 1 saturated heterocycles. The highest BCUT2D eigenvalue weighted by atomic mass is 35.5. The Morgan fingerprint density at radius 3 is 2.55 bits per heavy atom. The second-order valence-electron chi connectivity index (χ2n) is 5.27. The molecule has 3 nitrogen and oxygen atoms in total. The quantitative estimate of drug-likeness (QED) is 0.905. The van der Waals surface area contributed by atoms with Gasteiger partial charge in [0.25, 0.3) is 0 Å². The molecule has 2 rings (SSSR count). The minimum Gasteiger partial charge on any atom is -0.352 e. The lowest BCUT2D eigenvalue weighted by Crippen LogP contribution is -2.40. The highest BCUT2D eigenvalue weighted by molar-refractivity contribution is 6.29. The van der Waals surface area contributed by atoms with Crippen molar-refractivity contribution < 1.29 is 4.79 Å². The van der Waals surface area contributed by atoms with E-state index in [9.17, 15) is 4.79 Å². The first-order chi connectivity index (χ1) is 9.65. The van der Waals surface area contributed by atoms with Crippen molar-refractivity contribution in [3.63, 3.8) is 0 Å². The summed E-state index contributed by atoms with van der Waals surface area (Å²) in [5.74, 6) is 0.289. The van der Waals surface area contributed by atoms with Crippen molar-refractivity contribution in [1.82, 2.24) is 10.2 Å². The third kappa shape index (κ3) is 4.66. The van der Waals surface area contributed by atoms with Crippen molar-refractivity contribution in [3.8, 4) is 0 Å². The summed E-state index contributed by atoms with van der Waals surface area (Å²) in [5, 5.41) is 3.69. The van der Waals surface area contributed by atoms with Gasteiger partial charge in [-0.25, -0.2) is 0 Å². The highest BCUT2D eigenvalue weighted by Gasteiger charge is 2.24. The molecule has 108 valence electrons. The van der Waals surface area contributed by atoms with Gasteiger partial charge in [0.15, 0.2) is 0 Å². The standard InChI is InChI=1S/C16H21ClN2O/c1-13(17)12-19-9-7-15(8-10-19)16(20)18-11-14-5-3-2-4-6-14/h2-6,15H,1,7-12H2,(H,18,20). The van der Waals surface area contributed by atoms with Crippen molar-refractivity contribution in [2.75, 3.05) is 19.6 Å². The summed E-state index contributed by atoms with van der Waals surface area (Å²) in [5.41, 5.74) is 1.14. The second kappa shape index (κ2) is 7.46. The molecule has 1 N–H and O–H groups in total. The van der Waals surface area contributed by atoms with Crippen molar-refractivity contribution in [3.05, 3.63) is 47.5 Å². The smallest absolute Gasteiger partial charge is 0.223 e. The van der Waals surface area contributed by atoms with Crippen LogP contribution < -0.4 is 5.32 Å². The summed E-state index contributed by atoms with van der Waals surface area (Å²) in [6.45, 7) is 6.87. The van der Waals surface area contributed by atoms with Gasteiger partial charge in [-0.15, -0.1) is 0 Å². The van der Waals surface area contributed by atoms with Crippen molar-refractivity contribution in [2.24, 2.45) is 5.92 Å². The molecular formula is C16H21ClN2O. The number of nitrogens with one attached hydrogen (secondary N) is 1. The lowest BCUT2D eigenvalue weighted by atomic mass is 9.96. The maximum Gasteiger partial charge on any atom is 0.223 e. The van der Waals surface area contributed by atoms with Crippen molar-refractivity contribution >= 4 is 17.5 Å². The van der Waals surface area contributed by atoms with E-state index < -0.39 is 0 Å². The van der Waals surface area contributed by atoms with Gasteiger partial charge in [-0.2, -0.15) is 0 Å². The Morgan fingerprint density at radius 1 is 1.30 bits per heavy atom. The third-order valence-electron chi connectivity index (χ3n) is 3.66. The molecule has 0 aliphatic carbocycles. The number of hydrogen-bond donors (Lipinski definition) is 1. The predicted molar refractivity (Wildman–Crippen MR) is 82.4 cm³/mol. The normalized spacial score (nSPS) is 16.9. The minimum atomic E-state index is 0.124. The summed E-state index contributed by atoms with van der Waals surface area (Å²) in [4.78, 5) is 14.4. The second-order valence-corrected chi connectivity index (χ2v) is 5.81. The zero-order valence-electron chi connectivity index (χ0n) is 11.6. The molecule has 1 aliphatic heterocycles. The van der Waals surface area contributed by atoms with Crippen LogP contribution in [0.2, 0.25) is 0 Å². The molecule has 1 aromatic carbocycles. The van der Waals surface area contributed by atoms with Crippen LogP contribution in [0.1, 0.15) is 18.4 Å². The summed E-state index contributed by atoms with van der Waals surface area (Å²) >= 11 is 5.81. The Labute approximate surface area is 125 Å². The topological polar surface area (TPSA) is 32.3 Å². The highest BCUT2D eigenvalue weighted by Crippen LogP contribution is 2.18. The number of carbonyl (C=O) groups excluding carboxylic acids is 1. The Morgan fingerprint density at radius 2 is 1.95 bits per heavy atom. The van der Waals surface area contributed by atoms with E-state index in [-0.39, 0.29) is 11.8 Å². The SMILES string of the molecule is C=C(Cl)CN1CCC(C(=O)NCc2ccccc2)CC1. The monoisotopic (exact) mass is 292 g/mol. The first-order valence-corrected chi connectivity index (χ1v) is 7.40. The van der Waals surface area contributed by atoms with E-state index in [1.54, 1.807) is 0 Å². The number of amides is 1. The first kappa shape index (κ1) is 15.1. The van der Waals surface area contributed by atoms with Gasteiger partial charge in [0.1, 0.15) is 0 Å². The fraction of sp³-hybridized carbons (Fsp3) is 0.438. The average Bonchev–Trinajstić information content (AvgIpc) is 2.46. The van der Waals surface area contributed by atoms with E-state index >= 15 is 0 Å². The number of nitrogens with zero attached hydrogens (tertiary/aromatic N) is 1. The summed E-state index contributed by atoms with van der Waals surface area (Å²) in [7, 11) is 0. The van der Waals surface area contributed by atoms with E-state index in [1.807, 2.05) is 30.3 Å². The molecule has 0 radical (unpaired) electrons. The van der Waals surface area contributed by atoms with Gasteiger partial charge in [0.2, 0.25) is 5.91 Å². The van der Waals surface area contributed by atoms with Gasteiger partial charge in [0, 0.05) is 24.0 Å². The van der Waals surface area contributed by atoms with Gasteiger partial charge < -0.3 is 5.32 Å². The largest absolute Gasteiger partial charge is 0.352 e. The summed E-state index contributed by atoms with van der Waals surface area (Å²) < 4.78 is 0. The van der Waals surface area contributed by atoms with Gasteiger partial charge in [0.05, 0.1) is 0 Å².